The highest BCUT2D eigenvalue weighted by Gasteiger charge is 2.25. The van der Waals surface area contributed by atoms with Gasteiger partial charge in [-0.15, -0.1) is 11.3 Å². The van der Waals surface area contributed by atoms with Crippen LogP contribution in [0.15, 0.2) is 42.5 Å². The van der Waals surface area contributed by atoms with Crippen molar-refractivity contribution in [3.63, 3.8) is 0 Å². The van der Waals surface area contributed by atoms with Crippen molar-refractivity contribution < 1.29 is 9.59 Å². The Kier molecular flexibility index (Phi) is 8.51. The SMILES string of the molecule is CCNC(=O)N(CC(=O)N(Cc1ccccc1)Cc1ccc(C)s1)C(C)CC. The lowest BCUT2D eigenvalue weighted by atomic mass is 10.2. The van der Waals surface area contributed by atoms with Crippen LogP contribution in [0.1, 0.15) is 42.5 Å². The molecule has 5 nitrogen and oxygen atoms in total. The molecule has 152 valence electrons. The highest BCUT2D eigenvalue weighted by Crippen LogP contribution is 2.19. The summed E-state index contributed by atoms with van der Waals surface area (Å²) in [5.41, 5.74) is 1.08. The molecule has 0 saturated carbocycles. The summed E-state index contributed by atoms with van der Waals surface area (Å²) in [6.45, 7) is 9.66. The second kappa shape index (κ2) is 10.9. The summed E-state index contributed by atoms with van der Waals surface area (Å²) in [5, 5.41) is 2.83. The molecule has 1 aromatic heterocycles. The Morgan fingerprint density at radius 2 is 1.79 bits per heavy atom. The van der Waals surface area contributed by atoms with Gasteiger partial charge < -0.3 is 15.1 Å². The predicted molar refractivity (Wildman–Crippen MR) is 115 cm³/mol. The molecule has 2 rings (SSSR count). The number of nitrogens with zero attached hydrogens (tertiary/aromatic N) is 2. The second-order valence-corrected chi connectivity index (χ2v) is 8.34. The van der Waals surface area contributed by atoms with Crippen LogP contribution < -0.4 is 5.32 Å². The number of benzene rings is 1. The van der Waals surface area contributed by atoms with Crippen LogP contribution in [0.2, 0.25) is 0 Å². The van der Waals surface area contributed by atoms with Gasteiger partial charge >= 0.3 is 6.03 Å². The van der Waals surface area contributed by atoms with Crippen molar-refractivity contribution in [1.29, 1.82) is 0 Å². The molecule has 0 spiro atoms. The predicted octanol–water partition coefficient (Wildman–Crippen LogP) is 4.42. The van der Waals surface area contributed by atoms with Gasteiger partial charge in [0.1, 0.15) is 6.54 Å². The molecule has 1 atom stereocenters. The lowest BCUT2D eigenvalue weighted by Crippen LogP contribution is -2.50. The zero-order valence-corrected chi connectivity index (χ0v) is 18.1. The Labute approximate surface area is 172 Å². The molecule has 1 N–H and O–H groups in total. The average Bonchev–Trinajstić information content (AvgIpc) is 3.10. The summed E-state index contributed by atoms with van der Waals surface area (Å²) in [6.07, 6.45) is 0.799. The van der Waals surface area contributed by atoms with E-state index in [9.17, 15) is 9.59 Å². The van der Waals surface area contributed by atoms with Crippen molar-refractivity contribution in [2.45, 2.75) is 53.2 Å². The van der Waals surface area contributed by atoms with Crippen LogP contribution >= 0.6 is 11.3 Å². The summed E-state index contributed by atoms with van der Waals surface area (Å²) in [7, 11) is 0. The topological polar surface area (TPSA) is 52.7 Å². The molecule has 28 heavy (non-hydrogen) atoms. The molecule has 0 radical (unpaired) electrons. The van der Waals surface area contributed by atoms with E-state index in [1.165, 1.54) is 4.88 Å². The van der Waals surface area contributed by atoms with Gasteiger partial charge in [-0.3, -0.25) is 4.79 Å². The number of thiophene rings is 1. The van der Waals surface area contributed by atoms with Gasteiger partial charge in [-0.1, -0.05) is 37.3 Å². The van der Waals surface area contributed by atoms with E-state index in [0.717, 1.165) is 16.9 Å². The number of hydrogen-bond donors (Lipinski definition) is 1. The first-order valence-corrected chi connectivity index (χ1v) is 10.7. The molecule has 2 aromatic rings. The number of carbonyl (C=O) groups excluding carboxylic acids is 2. The fourth-order valence-corrected chi connectivity index (χ4v) is 3.85. The van der Waals surface area contributed by atoms with Crippen LogP contribution in [0.25, 0.3) is 0 Å². The molecular formula is C22H31N3O2S. The molecule has 3 amide bonds. The lowest BCUT2D eigenvalue weighted by molar-refractivity contribution is -0.133. The summed E-state index contributed by atoms with van der Waals surface area (Å²) in [5.74, 6) is -0.0403. The summed E-state index contributed by atoms with van der Waals surface area (Å²) >= 11 is 1.70. The smallest absolute Gasteiger partial charge is 0.318 e. The summed E-state index contributed by atoms with van der Waals surface area (Å²) in [6, 6.07) is 13.9. The monoisotopic (exact) mass is 401 g/mol. The zero-order valence-electron chi connectivity index (χ0n) is 17.3. The molecule has 0 bridgehead atoms. The van der Waals surface area contributed by atoms with Gasteiger partial charge in [0, 0.05) is 28.9 Å². The first-order valence-electron chi connectivity index (χ1n) is 9.86. The quantitative estimate of drug-likeness (QED) is 0.676. The van der Waals surface area contributed by atoms with Gasteiger partial charge in [-0.2, -0.15) is 0 Å². The first kappa shape index (κ1) is 22.0. The maximum Gasteiger partial charge on any atom is 0.318 e. The molecular weight excluding hydrogens is 370 g/mol. The third-order valence-corrected chi connectivity index (χ3v) is 5.71. The molecule has 0 fully saturated rings. The minimum absolute atomic E-state index is 0.00180. The second-order valence-electron chi connectivity index (χ2n) is 6.97. The molecule has 6 heteroatoms. The number of urea groups is 1. The first-order chi connectivity index (χ1) is 13.4. The van der Waals surface area contributed by atoms with Crippen LogP contribution in [-0.2, 0) is 17.9 Å². The van der Waals surface area contributed by atoms with Gasteiger partial charge in [0.15, 0.2) is 0 Å². The van der Waals surface area contributed by atoms with Crippen molar-refractivity contribution in [3.05, 3.63) is 57.8 Å². The van der Waals surface area contributed by atoms with Gasteiger partial charge in [0.05, 0.1) is 6.54 Å². The molecule has 1 unspecified atom stereocenters. The van der Waals surface area contributed by atoms with E-state index >= 15 is 0 Å². The number of rotatable bonds is 9. The Morgan fingerprint density at radius 1 is 1.07 bits per heavy atom. The summed E-state index contributed by atoms with van der Waals surface area (Å²) in [4.78, 5) is 31.5. The molecule has 0 aliphatic carbocycles. The third-order valence-electron chi connectivity index (χ3n) is 4.73. The maximum atomic E-state index is 13.2. The standard InChI is InChI=1S/C22H31N3O2S/c1-5-17(3)25(22(27)23-6-2)16-21(26)24(14-19-10-8-7-9-11-19)15-20-13-12-18(4)28-20/h7-13,17H,5-6,14-16H2,1-4H3,(H,23,27). The van der Waals surface area contributed by atoms with Gasteiger partial charge in [-0.05, 0) is 44.9 Å². The van der Waals surface area contributed by atoms with E-state index < -0.39 is 0 Å². The van der Waals surface area contributed by atoms with Crippen molar-refractivity contribution in [2.24, 2.45) is 0 Å². The average molecular weight is 402 g/mol. The fraction of sp³-hybridized carbons (Fsp3) is 0.455. The van der Waals surface area contributed by atoms with Gasteiger partial charge in [0.25, 0.3) is 0 Å². The maximum absolute atomic E-state index is 13.2. The largest absolute Gasteiger partial charge is 0.338 e. The fourth-order valence-electron chi connectivity index (χ4n) is 2.94. The minimum Gasteiger partial charge on any atom is -0.338 e. The van der Waals surface area contributed by atoms with E-state index in [0.29, 0.717) is 19.6 Å². The summed E-state index contributed by atoms with van der Waals surface area (Å²) < 4.78 is 0. The Hall–Kier alpha value is -2.34. The highest BCUT2D eigenvalue weighted by atomic mass is 32.1. The van der Waals surface area contributed by atoms with E-state index in [4.69, 9.17) is 0 Å². The molecule has 0 saturated heterocycles. The Bertz CT molecular complexity index is 760. The third kappa shape index (κ3) is 6.37. The minimum atomic E-state index is -0.183. The van der Waals surface area contributed by atoms with Crippen LogP contribution in [0.3, 0.4) is 0 Å². The zero-order chi connectivity index (χ0) is 20.5. The molecule has 1 heterocycles. The number of hydrogen-bond acceptors (Lipinski definition) is 3. The Balaban J connectivity index is 2.19. The number of nitrogens with one attached hydrogen (secondary N) is 1. The Morgan fingerprint density at radius 3 is 2.36 bits per heavy atom. The van der Waals surface area contributed by atoms with E-state index in [-0.39, 0.29) is 24.5 Å². The van der Waals surface area contributed by atoms with Gasteiger partial charge in [0.2, 0.25) is 5.91 Å². The molecule has 0 aliphatic rings. The van der Waals surface area contributed by atoms with Crippen molar-refractivity contribution in [1.82, 2.24) is 15.1 Å². The highest BCUT2D eigenvalue weighted by molar-refractivity contribution is 7.11. The van der Waals surface area contributed by atoms with Crippen LogP contribution in [0.5, 0.6) is 0 Å². The van der Waals surface area contributed by atoms with Crippen molar-refractivity contribution in [3.8, 4) is 0 Å². The van der Waals surface area contributed by atoms with Crippen molar-refractivity contribution in [2.75, 3.05) is 13.1 Å². The van der Waals surface area contributed by atoms with E-state index in [2.05, 4.69) is 24.4 Å². The van der Waals surface area contributed by atoms with Crippen LogP contribution in [0, 0.1) is 6.92 Å². The number of aryl methyl sites for hydroxylation is 1. The normalized spacial score (nSPS) is 11.7. The van der Waals surface area contributed by atoms with E-state index in [1.54, 1.807) is 16.2 Å². The van der Waals surface area contributed by atoms with Gasteiger partial charge in [-0.25, -0.2) is 4.79 Å². The number of carbonyl (C=O) groups is 2. The molecule has 1 aromatic carbocycles. The van der Waals surface area contributed by atoms with Crippen molar-refractivity contribution >= 4 is 23.3 Å². The van der Waals surface area contributed by atoms with E-state index in [1.807, 2.05) is 56.0 Å². The van der Waals surface area contributed by atoms with Crippen LogP contribution in [-0.4, -0.2) is 40.9 Å². The number of amides is 3. The van der Waals surface area contributed by atoms with Crippen LogP contribution in [0.4, 0.5) is 4.79 Å². The lowest BCUT2D eigenvalue weighted by Gasteiger charge is -2.31. The molecule has 0 aliphatic heterocycles.